The van der Waals surface area contributed by atoms with Crippen molar-refractivity contribution < 1.29 is 23.1 Å². The minimum Gasteiger partial charge on any atom is -0.464 e. The molecule has 1 unspecified atom stereocenters. The van der Waals surface area contributed by atoms with Gasteiger partial charge in [0.05, 0.1) is 17.6 Å². The van der Waals surface area contributed by atoms with Gasteiger partial charge in [-0.1, -0.05) is 19.1 Å². The summed E-state index contributed by atoms with van der Waals surface area (Å²) in [7, 11) is -1.55. The number of para-hydroxylation sites is 2. The minimum absolute atomic E-state index is 0.189. The smallest absolute Gasteiger partial charge is 0.384 e. The van der Waals surface area contributed by atoms with Crippen molar-refractivity contribution in [2.24, 2.45) is 0 Å². The van der Waals surface area contributed by atoms with Crippen molar-refractivity contribution in [1.82, 2.24) is 9.55 Å². The van der Waals surface area contributed by atoms with E-state index in [-0.39, 0.29) is 12.0 Å². The van der Waals surface area contributed by atoms with Crippen LogP contribution in [0.2, 0.25) is 0 Å². The Labute approximate surface area is 145 Å². The standard InChI is InChI=1S/C16H21N2O6P/c1-5-12(16(20)24-6-2)18-13-10-8-7-9-11(13)17-14(15(18)19)25(21,22-3)23-4/h7-10,12H,5-6H2,1-4H3. The first kappa shape index (κ1) is 19.3. The number of esters is 1. The van der Waals surface area contributed by atoms with E-state index in [4.69, 9.17) is 13.8 Å². The van der Waals surface area contributed by atoms with Gasteiger partial charge in [-0.05, 0) is 25.5 Å². The molecule has 0 aliphatic heterocycles. The highest BCUT2D eigenvalue weighted by Crippen LogP contribution is 2.43. The molecule has 0 N–H and O–H groups in total. The number of aromatic nitrogens is 2. The summed E-state index contributed by atoms with van der Waals surface area (Å²) >= 11 is 0. The number of hydrogen-bond acceptors (Lipinski definition) is 7. The average molecular weight is 368 g/mol. The number of rotatable bonds is 7. The molecule has 0 amide bonds. The highest BCUT2D eigenvalue weighted by molar-refractivity contribution is 7.61. The van der Waals surface area contributed by atoms with Crippen LogP contribution in [0.25, 0.3) is 11.0 Å². The van der Waals surface area contributed by atoms with Gasteiger partial charge in [-0.15, -0.1) is 0 Å². The molecule has 136 valence electrons. The van der Waals surface area contributed by atoms with Gasteiger partial charge in [0.2, 0.25) is 5.44 Å². The summed E-state index contributed by atoms with van der Waals surface area (Å²) in [6.45, 7) is 3.64. The zero-order valence-electron chi connectivity index (χ0n) is 14.6. The van der Waals surface area contributed by atoms with Crippen LogP contribution in [0.3, 0.4) is 0 Å². The van der Waals surface area contributed by atoms with Crippen molar-refractivity contribution in [1.29, 1.82) is 0 Å². The molecule has 0 spiro atoms. The van der Waals surface area contributed by atoms with E-state index in [1.807, 2.05) is 0 Å². The van der Waals surface area contributed by atoms with Gasteiger partial charge < -0.3 is 13.8 Å². The lowest BCUT2D eigenvalue weighted by Crippen LogP contribution is -2.41. The quantitative estimate of drug-likeness (QED) is 0.545. The van der Waals surface area contributed by atoms with Crippen LogP contribution in [0.4, 0.5) is 0 Å². The molecule has 2 rings (SSSR count). The number of benzene rings is 1. The van der Waals surface area contributed by atoms with Gasteiger partial charge in [0.1, 0.15) is 6.04 Å². The maximum absolute atomic E-state index is 13.0. The van der Waals surface area contributed by atoms with Crippen LogP contribution in [0, 0.1) is 0 Å². The largest absolute Gasteiger partial charge is 0.464 e. The SMILES string of the molecule is CCOC(=O)C(CC)n1c(=O)c(P(=O)(OC)OC)nc2ccccc21. The minimum atomic E-state index is -3.89. The summed E-state index contributed by atoms with van der Waals surface area (Å²) in [6, 6.07) is 5.90. The Morgan fingerprint density at radius 1 is 1.24 bits per heavy atom. The third-order valence-corrected chi connectivity index (χ3v) is 5.55. The summed E-state index contributed by atoms with van der Waals surface area (Å²) in [4.78, 5) is 29.5. The van der Waals surface area contributed by atoms with E-state index >= 15 is 0 Å². The van der Waals surface area contributed by atoms with Gasteiger partial charge in [-0.3, -0.25) is 13.9 Å². The lowest BCUT2D eigenvalue weighted by molar-refractivity contribution is -0.147. The van der Waals surface area contributed by atoms with E-state index < -0.39 is 25.2 Å². The maximum atomic E-state index is 13.0. The molecule has 0 bridgehead atoms. The van der Waals surface area contributed by atoms with Crippen LogP contribution in [0.1, 0.15) is 26.3 Å². The maximum Gasteiger partial charge on any atom is 0.384 e. The third-order valence-electron chi connectivity index (χ3n) is 3.77. The van der Waals surface area contributed by atoms with Gasteiger partial charge in [0, 0.05) is 14.2 Å². The Bertz CT molecular complexity index is 871. The number of fused-ring (bicyclic) bond motifs is 1. The molecule has 0 saturated heterocycles. The van der Waals surface area contributed by atoms with Crippen molar-refractivity contribution >= 4 is 30.0 Å². The molecule has 0 saturated carbocycles. The Hall–Kier alpha value is -2.02. The van der Waals surface area contributed by atoms with Crippen LogP contribution >= 0.6 is 7.60 Å². The number of hydrogen-bond donors (Lipinski definition) is 0. The fourth-order valence-electron chi connectivity index (χ4n) is 2.57. The molecule has 0 aliphatic carbocycles. The molecule has 1 aromatic carbocycles. The van der Waals surface area contributed by atoms with E-state index in [2.05, 4.69) is 4.98 Å². The van der Waals surface area contributed by atoms with Gasteiger partial charge in [-0.25, -0.2) is 9.78 Å². The molecule has 25 heavy (non-hydrogen) atoms. The molecular weight excluding hydrogens is 347 g/mol. The van der Waals surface area contributed by atoms with Crippen LogP contribution in [-0.2, 0) is 23.1 Å². The molecule has 0 aliphatic rings. The second-order valence-electron chi connectivity index (χ2n) is 5.14. The van der Waals surface area contributed by atoms with E-state index in [1.54, 1.807) is 38.1 Å². The Balaban J connectivity index is 2.86. The molecule has 9 heteroatoms. The third kappa shape index (κ3) is 3.51. The number of carbonyl (C=O) groups is 1. The topological polar surface area (TPSA) is 96.7 Å². The highest BCUT2D eigenvalue weighted by Gasteiger charge is 2.34. The van der Waals surface area contributed by atoms with Gasteiger partial charge in [0.25, 0.3) is 5.56 Å². The van der Waals surface area contributed by atoms with Crippen molar-refractivity contribution in [2.45, 2.75) is 26.3 Å². The van der Waals surface area contributed by atoms with Gasteiger partial charge >= 0.3 is 13.6 Å². The van der Waals surface area contributed by atoms with Crippen molar-refractivity contribution in [3.8, 4) is 0 Å². The zero-order valence-corrected chi connectivity index (χ0v) is 15.5. The second kappa shape index (κ2) is 7.91. The van der Waals surface area contributed by atoms with Crippen LogP contribution in [0.15, 0.2) is 29.1 Å². The predicted molar refractivity (Wildman–Crippen MR) is 93.2 cm³/mol. The number of ether oxygens (including phenoxy) is 1. The van der Waals surface area contributed by atoms with E-state index in [9.17, 15) is 14.2 Å². The Morgan fingerprint density at radius 3 is 2.44 bits per heavy atom. The normalized spacial score (nSPS) is 13.0. The van der Waals surface area contributed by atoms with Gasteiger partial charge in [0.15, 0.2) is 0 Å². The van der Waals surface area contributed by atoms with Crippen LogP contribution in [-0.4, -0.2) is 36.3 Å². The molecule has 1 atom stereocenters. The van der Waals surface area contributed by atoms with Crippen molar-refractivity contribution in [3.63, 3.8) is 0 Å². The first-order chi connectivity index (χ1) is 11.9. The molecule has 0 radical (unpaired) electrons. The molecular formula is C16H21N2O6P. The fraction of sp³-hybridized carbons (Fsp3) is 0.438. The van der Waals surface area contributed by atoms with Crippen molar-refractivity contribution in [2.75, 3.05) is 20.8 Å². The summed E-state index contributed by atoms with van der Waals surface area (Å²) < 4.78 is 28.9. The molecule has 1 heterocycles. The zero-order chi connectivity index (χ0) is 18.6. The van der Waals surface area contributed by atoms with E-state index in [1.165, 1.54) is 18.8 Å². The number of carbonyl (C=O) groups excluding carboxylic acids is 1. The van der Waals surface area contributed by atoms with Crippen LogP contribution in [0.5, 0.6) is 0 Å². The van der Waals surface area contributed by atoms with Crippen LogP contribution < -0.4 is 11.0 Å². The summed E-state index contributed by atoms with van der Waals surface area (Å²) in [5, 5.41) is 0. The first-order valence-corrected chi connectivity index (χ1v) is 9.37. The summed E-state index contributed by atoms with van der Waals surface area (Å²) in [6.07, 6.45) is 0.316. The first-order valence-electron chi connectivity index (χ1n) is 7.83. The summed E-state index contributed by atoms with van der Waals surface area (Å²) in [5.74, 6) is -0.543. The lowest BCUT2D eigenvalue weighted by Gasteiger charge is -2.21. The molecule has 1 aromatic heterocycles. The Kier molecular flexibility index (Phi) is 6.11. The van der Waals surface area contributed by atoms with E-state index in [0.29, 0.717) is 17.5 Å². The fourth-order valence-corrected chi connectivity index (χ4v) is 3.64. The van der Waals surface area contributed by atoms with E-state index in [0.717, 1.165) is 0 Å². The Morgan fingerprint density at radius 2 is 1.88 bits per heavy atom. The monoisotopic (exact) mass is 368 g/mol. The average Bonchev–Trinajstić information content (AvgIpc) is 2.63. The van der Waals surface area contributed by atoms with Crippen molar-refractivity contribution in [3.05, 3.63) is 34.6 Å². The molecule has 0 fully saturated rings. The van der Waals surface area contributed by atoms with Gasteiger partial charge in [-0.2, -0.15) is 0 Å². The molecule has 8 nitrogen and oxygen atoms in total. The second-order valence-corrected chi connectivity index (χ2v) is 7.29. The lowest BCUT2D eigenvalue weighted by atomic mass is 10.2. The highest BCUT2D eigenvalue weighted by atomic mass is 31.2. The predicted octanol–water partition coefficient (Wildman–Crippen LogP) is 2.02. The summed E-state index contributed by atoms with van der Waals surface area (Å²) in [5.41, 5.74) is -0.228. The number of nitrogens with zero attached hydrogens (tertiary/aromatic N) is 2. The molecule has 2 aromatic rings.